The predicted octanol–water partition coefficient (Wildman–Crippen LogP) is 2.39. The van der Waals surface area contributed by atoms with Crippen molar-refractivity contribution in [3.05, 3.63) is 21.9 Å². The molecule has 0 bridgehead atoms. The normalized spacial score (nSPS) is 21.1. The van der Waals surface area contributed by atoms with Crippen molar-refractivity contribution in [3.8, 4) is 0 Å². The third kappa shape index (κ3) is 2.01. The van der Waals surface area contributed by atoms with Gasteiger partial charge < -0.3 is 14.6 Å². The summed E-state index contributed by atoms with van der Waals surface area (Å²) in [6.07, 6.45) is 1.99. The third-order valence-electron chi connectivity index (χ3n) is 3.14. The van der Waals surface area contributed by atoms with Crippen LogP contribution in [0.2, 0.25) is 0 Å². The first-order chi connectivity index (χ1) is 8.25. The third-order valence-corrected chi connectivity index (χ3v) is 4.03. The van der Waals surface area contributed by atoms with Crippen molar-refractivity contribution in [2.75, 3.05) is 24.7 Å². The summed E-state index contributed by atoms with van der Waals surface area (Å²) in [6.45, 7) is 4.65. The van der Waals surface area contributed by atoms with E-state index >= 15 is 0 Å². The lowest BCUT2D eigenvalue weighted by Crippen LogP contribution is -2.44. The smallest absolute Gasteiger partial charge is 0.140 e. The topological polar surface area (TPSA) is 41.1 Å². The van der Waals surface area contributed by atoms with E-state index in [1.165, 1.54) is 8.96 Å². The molecule has 0 aliphatic carbocycles. The van der Waals surface area contributed by atoms with Gasteiger partial charge in [0.05, 0.1) is 19.3 Å². The fourth-order valence-electron chi connectivity index (χ4n) is 2.19. The van der Waals surface area contributed by atoms with Gasteiger partial charge in [0.15, 0.2) is 0 Å². The first-order valence-electron chi connectivity index (χ1n) is 5.74. The minimum Gasteiger partial charge on any atom is -0.377 e. The standard InChI is InChI=1S/C12H14IN3O/c1-8-7-17-5-4-16(8)11-3-2-9-10(13)6-14-12(9)15-11/h2-3,6,8H,4-5,7H2,1H3,(H,14,15)/t8-/m0/s1. The number of hydrogen-bond donors (Lipinski definition) is 1. The number of H-pyrrole nitrogens is 1. The molecule has 4 nitrogen and oxygen atoms in total. The van der Waals surface area contributed by atoms with Crippen LogP contribution in [0.3, 0.4) is 0 Å². The number of hydrogen-bond acceptors (Lipinski definition) is 3. The largest absolute Gasteiger partial charge is 0.377 e. The van der Waals surface area contributed by atoms with Crippen LogP contribution in [0.15, 0.2) is 18.3 Å². The van der Waals surface area contributed by atoms with Crippen molar-refractivity contribution in [2.45, 2.75) is 13.0 Å². The Morgan fingerprint density at radius 2 is 2.41 bits per heavy atom. The van der Waals surface area contributed by atoms with Crippen LogP contribution in [-0.2, 0) is 4.74 Å². The molecule has 17 heavy (non-hydrogen) atoms. The Bertz CT molecular complexity index is 540. The quantitative estimate of drug-likeness (QED) is 0.809. The molecule has 1 atom stereocenters. The molecule has 1 fully saturated rings. The van der Waals surface area contributed by atoms with Crippen LogP contribution < -0.4 is 4.90 Å². The number of nitrogens with one attached hydrogen (secondary N) is 1. The van der Waals surface area contributed by atoms with Crippen molar-refractivity contribution in [3.63, 3.8) is 0 Å². The van der Waals surface area contributed by atoms with E-state index < -0.39 is 0 Å². The molecule has 0 radical (unpaired) electrons. The summed E-state index contributed by atoms with van der Waals surface area (Å²) in [4.78, 5) is 10.2. The highest BCUT2D eigenvalue weighted by molar-refractivity contribution is 14.1. The summed E-state index contributed by atoms with van der Waals surface area (Å²) in [5.41, 5.74) is 0.964. The summed E-state index contributed by atoms with van der Waals surface area (Å²) in [7, 11) is 0. The number of aromatic amines is 1. The monoisotopic (exact) mass is 343 g/mol. The lowest BCUT2D eigenvalue weighted by molar-refractivity contribution is 0.0985. The van der Waals surface area contributed by atoms with E-state index in [-0.39, 0.29) is 0 Å². The van der Waals surface area contributed by atoms with E-state index in [1.54, 1.807) is 0 Å². The first-order valence-corrected chi connectivity index (χ1v) is 6.81. The number of morpholine rings is 1. The average molecular weight is 343 g/mol. The Morgan fingerprint density at radius 3 is 3.24 bits per heavy atom. The molecule has 90 valence electrons. The number of pyridine rings is 1. The van der Waals surface area contributed by atoms with E-state index in [0.717, 1.165) is 31.2 Å². The van der Waals surface area contributed by atoms with Crippen molar-refractivity contribution in [2.24, 2.45) is 0 Å². The fraction of sp³-hybridized carbons (Fsp3) is 0.417. The maximum Gasteiger partial charge on any atom is 0.140 e. The van der Waals surface area contributed by atoms with Gasteiger partial charge in [-0.3, -0.25) is 0 Å². The highest BCUT2D eigenvalue weighted by atomic mass is 127. The van der Waals surface area contributed by atoms with Gasteiger partial charge in [0.25, 0.3) is 0 Å². The van der Waals surface area contributed by atoms with Crippen LogP contribution >= 0.6 is 22.6 Å². The summed E-state index contributed by atoms with van der Waals surface area (Å²) in [6, 6.07) is 4.63. The zero-order chi connectivity index (χ0) is 11.8. The Balaban J connectivity index is 1.99. The number of halogens is 1. The van der Waals surface area contributed by atoms with E-state index in [4.69, 9.17) is 4.74 Å². The molecule has 2 aromatic rings. The van der Waals surface area contributed by atoms with Crippen LogP contribution in [0.25, 0.3) is 11.0 Å². The Hall–Kier alpha value is -0.820. The predicted molar refractivity (Wildman–Crippen MR) is 76.4 cm³/mol. The lowest BCUT2D eigenvalue weighted by atomic mass is 10.2. The summed E-state index contributed by atoms with van der Waals surface area (Å²) in [5.74, 6) is 1.03. The molecule has 0 aromatic carbocycles. The molecule has 1 N–H and O–H groups in total. The number of ether oxygens (including phenoxy) is 1. The second-order valence-corrected chi connectivity index (χ2v) is 5.48. The highest BCUT2D eigenvalue weighted by Gasteiger charge is 2.20. The number of fused-ring (bicyclic) bond motifs is 1. The van der Waals surface area contributed by atoms with Gasteiger partial charge in [-0.05, 0) is 41.6 Å². The number of rotatable bonds is 1. The average Bonchev–Trinajstić information content (AvgIpc) is 2.71. The fourth-order valence-corrected chi connectivity index (χ4v) is 2.78. The van der Waals surface area contributed by atoms with Crippen LogP contribution in [-0.4, -0.2) is 35.8 Å². The number of nitrogens with zero attached hydrogens (tertiary/aromatic N) is 2. The van der Waals surface area contributed by atoms with Crippen molar-refractivity contribution >= 4 is 39.4 Å². The second kappa shape index (κ2) is 4.45. The van der Waals surface area contributed by atoms with Gasteiger partial charge in [-0.2, -0.15) is 0 Å². The zero-order valence-corrected chi connectivity index (χ0v) is 11.8. The lowest BCUT2D eigenvalue weighted by Gasteiger charge is -2.34. The number of anilines is 1. The summed E-state index contributed by atoms with van der Waals surface area (Å²) < 4.78 is 6.66. The van der Waals surface area contributed by atoms with Gasteiger partial charge in [-0.15, -0.1) is 0 Å². The molecule has 0 spiro atoms. The van der Waals surface area contributed by atoms with E-state index in [0.29, 0.717) is 6.04 Å². The maximum absolute atomic E-state index is 5.45. The SMILES string of the molecule is C[C@H]1COCCN1c1ccc2c(I)c[nH]c2n1. The summed E-state index contributed by atoms with van der Waals surface area (Å²) in [5, 5.41) is 1.19. The summed E-state index contributed by atoms with van der Waals surface area (Å²) >= 11 is 2.32. The molecule has 2 aromatic heterocycles. The molecule has 0 unspecified atom stereocenters. The van der Waals surface area contributed by atoms with Gasteiger partial charge in [0.2, 0.25) is 0 Å². The van der Waals surface area contributed by atoms with Crippen LogP contribution in [0.1, 0.15) is 6.92 Å². The van der Waals surface area contributed by atoms with Crippen LogP contribution in [0.4, 0.5) is 5.82 Å². The number of aromatic nitrogens is 2. The molecule has 1 aliphatic rings. The Labute approximate surface area is 113 Å². The zero-order valence-electron chi connectivity index (χ0n) is 9.61. The van der Waals surface area contributed by atoms with E-state index in [2.05, 4.69) is 56.5 Å². The minimum atomic E-state index is 0.391. The van der Waals surface area contributed by atoms with Crippen molar-refractivity contribution in [1.82, 2.24) is 9.97 Å². The molecule has 0 saturated carbocycles. The van der Waals surface area contributed by atoms with Gasteiger partial charge in [-0.1, -0.05) is 0 Å². The molecule has 0 amide bonds. The van der Waals surface area contributed by atoms with Gasteiger partial charge >= 0.3 is 0 Å². The molecule has 3 heterocycles. The highest BCUT2D eigenvalue weighted by Crippen LogP contribution is 2.23. The van der Waals surface area contributed by atoms with Crippen molar-refractivity contribution < 1.29 is 4.74 Å². The maximum atomic E-state index is 5.45. The Morgan fingerprint density at radius 1 is 1.53 bits per heavy atom. The second-order valence-electron chi connectivity index (χ2n) is 4.32. The van der Waals surface area contributed by atoms with Gasteiger partial charge in [0.1, 0.15) is 11.5 Å². The van der Waals surface area contributed by atoms with E-state index in [1.807, 2.05) is 6.20 Å². The van der Waals surface area contributed by atoms with Crippen molar-refractivity contribution in [1.29, 1.82) is 0 Å². The van der Waals surface area contributed by atoms with E-state index in [9.17, 15) is 0 Å². The minimum absolute atomic E-state index is 0.391. The molecule has 1 aliphatic heterocycles. The molecule has 3 rings (SSSR count). The van der Waals surface area contributed by atoms with Crippen LogP contribution in [0.5, 0.6) is 0 Å². The van der Waals surface area contributed by atoms with Gasteiger partial charge in [0, 0.05) is 21.7 Å². The first kappa shape index (κ1) is 11.3. The molecule has 5 heteroatoms. The molecule has 1 saturated heterocycles. The van der Waals surface area contributed by atoms with Crippen LogP contribution in [0, 0.1) is 3.57 Å². The van der Waals surface area contributed by atoms with Gasteiger partial charge in [-0.25, -0.2) is 4.98 Å². The Kier molecular flexibility index (Phi) is 2.96. The molecular weight excluding hydrogens is 329 g/mol. The molecular formula is C12H14IN3O.